The summed E-state index contributed by atoms with van der Waals surface area (Å²) < 4.78 is 14.5. The lowest BCUT2D eigenvalue weighted by Gasteiger charge is -2.38. The van der Waals surface area contributed by atoms with Crippen molar-refractivity contribution >= 4 is 15.9 Å². The number of halogens is 2. The van der Waals surface area contributed by atoms with Crippen molar-refractivity contribution in [3.63, 3.8) is 0 Å². The molecule has 0 spiro atoms. The van der Waals surface area contributed by atoms with Crippen LogP contribution in [0, 0.1) is 5.82 Å². The van der Waals surface area contributed by atoms with Gasteiger partial charge >= 0.3 is 0 Å². The van der Waals surface area contributed by atoms with Crippen molar-refractivity contribution in [2.45, 2.75) is 37.8 Å². The van der Waals surface area contributed by atoms with Gasteiger partial charge in [0.15, 0.2) is 0 Å². The summed E-state index contributed by atoms with van der Waals surface area (Å²) in [7, 11) is 0. The van der Waals surface area contributed by atoms with Gasteiger partial charge in [-0.3, -0.25) is 0 Å². The van der Waals surface area contributed by atoms with Gasteiger partial charge in [-0.05, 0) is 55.0 Å². The number of benzene rings is 2. The molecule has 0 aromatic heterocycles. The third kappa shape index (κ3) is 3.35. The lowest BCUT2D eigenvalue weighted by molar-refractivity contribution is 0.270. The SMILES string of the molecule is C[C@@H](NC1CC(c2ccccc2Br)C1)c1cccc(F)c1. The van der Waals surface area contributed by atoms with Gasteiger partial charge in [0, 0.05) is 16.6 Å². The lowest BCUT2D eigenvalue weighted by Crippen LogP contribution is -2.41. The zero-order valence-electron chi connectivity index (χ0n) is 12.0. The third-order valence-electron chi connectivity index (χ3n) is 4.32. The highest BCUT2D eigenvalue weighted by Crippen LogP contribution is 2.40. The van der Waals surface area contributed by atoms with E-state index in [1.807, 2.05) is 12.1 Å². The summed E-state index contributed by atoms with van der Waals surface area (Å²) in [6.07, 6.45) is 2.28. The van der Waals surface area contributed by atoms with Crippen molar-refractivity contribution in [3.8, 4) is 0 Å². The van der Waals surface area contributed by atoms with Crippen molar-refractivity contribution in [2.75, 3.05) is 0 Å². The molecule has 2 aromatic carbocycles. The summed E-state index contributed by atoms with van der Waals surface area (Å²) in [6.45, 7) is 2.10. The summed E-state index contributed by atoms with van der Waals surface area (Å²) in [4.78, 5) is 0. The van der Waals surface area contributed by atoms with Gasteiger partial charge in [0.1, 0.15) is 5.82 Å². The fraction of sp³-hybridized carbons (Fsp3) is 0.333. The van der Waals surface area contributed by atoms with Crippen molar-refractivity contribution in [2.24, 2.45) is 0 Å². The van der Waals surface area contributed by atoms with Crippen LogP contribution >= 0.6 is 15.9 Å². The molecule has 0 saturated heterocycles. The molecule has 1 N–H and O–H groups in total. The van der Waals surface area contributed by atoms with Gasteiger partial charge in [-0.1, -0.05) is 46.3 Å². The van der Waals surface area contributed by atoms with Gasteiger partial charge < -0.3 is 5.32 Å². The van der Waals surface area contributed by atoms with Crippen molar-refractivity contribution in [1.82, 2.24) is 5.32 Å². The van der Waals surface area contributed by atoms with Crippen molar-refractivity contribution in [3.05, 3.63) is 69.9 Å². The van der Waals surface area contributed by atoms with Gasteiger partial charge in [0.05, 0.1) is 0 Å². The van der Waals surface area contributed by atoms with Crippen LogP contribution in [0.25, 0.3) is 0 Å². The Morgan fingerprint density at radius 1 is 1.14 bits per heavy atom. The van der Waals surface area contributed by atoms with Crippen LogP contribution in [0.5, 0.6) is 0 Å². The average Bonchev–Trinajstić information content (AvgIpc) is 2.43. The lowest BCUT2D eigenvalue weighted by atomic mass is 9.75. The smallest absolute Gasteiger partial charge is 0.123 e. The first-order valence-corrected chi connectivity index (χ1v) is 8.18. The largest absolute Gasteiger partial charge is 0.307 e. The molecule has 0 bridgehead atoms. The van der Waals surface area contributed by atoms with E-state index in [2.05, 4.69) is 46.4 Å². The molecule has 0 aliphatic heterocycles. The van der Waals surface area contributed by atoms with Crippen LogP contribution in [0.2, 0.25) is 0 Å². The van der Waals surface area contributed by atoms with Gasteiger partial charge in [-0.2, -0.15) is 0 Å². The van der Waals surface area contributed by atoms with E-state index in [0.717, 1.165) is 18.4 Å². The van der Waals surface area contributed by atoms with Crippen molar-refractivity contribution < 1.29 is 4.39 Å². The molecule has 110 valence electrons. The quantitative estimate of drug-likeness (QED) is 0.802. The minimum atomic E-state index is -0.166. The first-order valence-electron chi connectivity index (χ1n) is 7.39. The highest BCUT2D eigenvalue weighted by Gasteiger charge is 2.32. The maximum Gasteiger partial charge on any atom is 0.123 e. The van der Waals surface area contributed by atoms with Gasteiger partial charge in [-0.25, -0.2) is 4.39 Å². The molecular formula is C18H19BrFN. The topological polar surface area (TPSA) is 12.0 Å². The summed E-state index contributed by atoms with van der Waals surface area (Å²) in [5, 5.41) is 3.60. The average molecular weight is 348 g/mol. The molecule has 0 radical (unpaired) electrons. The molecule has 1 fully saturated rings. The van der Waals surface area contributed by atoms with Crippen LogP contribution in [0.3, 0.4) is 0 Å². The van der Waals surface area contributed by atoms with E-state index in [9.17, 15) is 4.39 Å². The number of nitrogens with one attached hydrogen (secondary N) is 1. The van der Waals surface area contributed by atoms with Gasteiger partial charge in [-0.15, -0.1) is 0 Å². The maximum absolute atomic E-state index is 13.3. The molecule has 1 saturated carbocycles. The Kier molecular flexibility index (Phi) is 4.41. The molecule has 3 heteroatoms. The Morgan fingerprint density at radius 2 is 1.90 bits per heavy atom. The van der Waals surface area contributed by atoms with Gasteiger partial charge in [0.25, 0.3) is 0 Å². The Balaban J connectivity index is 1.56. The normalized spacial score (nSPS) is 22.6. The first-order chi connectivity index (χ1) is 10.1. The van der Waals surface area contributed by atoms with Crippen LogP contribution in [0.15, 0.2) is 53.0 Å². The molecular weight excluding hydrogens is 329 g/mol. The zero-order chi connectivity index (χ0) is 14.8. The molecule has 1 nitrogen and oxygen atoms in total. The highest BCUT2D eigenvalue weighted by molar-refractivity contribution is 9.10. The first kappa shape index (κ1) is 14.7. The highest BCUT2D eigenvalue weighted by atomic mass is 79.9. The Hall–Kier alpha value is -1.19. The van der Waals surface area contributed by atoms with E-state index >= 15 is 0 Å². The second kappa shape index (κ2) is 6.29. The summed E-state index contributed by atoms with van der Waals surface area (Å²) >= 11 is 3.62. The van der Waals surface area contributed by atoms with E-state index in [1.165, 1.54) is 16.1 Å². The van der Waals surface area contributed by atoms with Crippen LogP contribution in [-0.4, -0.2) is 6.04 Å². The van der Waals surface area contributed by atoms with E-state index in [4.69, 9.17) is 0 Å². The Bertz CT molecular complexity index is 622. The molecule has 1 atom stereocenters. The molecule has 0 amide bonds. The summed E-state index contributed by atoms with van der Waals surface area (Å²) in [5.74, 6) is 0.457. The maximum atomic E-state index is 13.3. The van der Waals surface area contributed by atoms with Gasteiger partial charge in [0.2, 0.25) is 0 Å². The number of rotatable bonds is 4. The van der Waals surface area contributed by atoms with Crippen LogP contribution in [0.4, 0.5) is 4.39 Å². The second-order valence-electron chi connectivity index (χ2n) is 5.83. The number of hydrogen-bond donors (Lipinski definition) is 1. The minimum Gasteiger partial charge on any atom is -0.307 e. The molecule has 1 aliphatic rings. The number of hydrogen-bond acceptors (Lipinski definition) is 1. The van der Waals surface area contributed by atoms with E-state index < -0.39 is 0 Å². The van der Waals surface area contributed by atoms with Crippen LogP contribution in [0.1, 0.15) is 42.9 Å². The predicted molar refractivity (Wildman–Crippen MR) is 87.9 cm³/mol. The summed E-state index contributed by atoms with van der Waals surface area (Å²) in [5.41, 5.74) is 2.41. The zero-order valence-corrected chi connectivity index (χ0v) is 13.6. The predicted octanol–water partition coefficient (Wildman–Crippen LogP) is 5.19. The van der Waals surface area contributed by atoms with E-state index in [0.29, 0.717) is 12.0 Å². The molecule has 2 aromatic rings. The molecule has 1 aliphatic carbocycles. The third-order valence-corrected chi connectivity index (χ3v) is 5.04. The monoisotopic (exact) mass is 347 g/mol. The van der Waals surface area contributed by atoms with Crippen LogP contribution < -0.4 is 5.32 Å². The molecule has 3 rings (SSSR count). The molecule has 0 heterocycles. The van der Waals surface area contributed by atoms with Crippen LogP contribution in [-0.2, 0) is 0 Å². The Labute approximate surface area is 133 Å². The minimum absolute atomic E-state index is 0.166. The summed E-state index contributed by atoms with van der Waals surface area (Å²) in [6, 6.07) is 16.0. The second-order valence-corrected chi connectivity index (χ2v) is 6.68. The van der Waals surface area contributed by atoms with Crippen molar-refractivity contribution in [1.29, 1.82) is 0 Å². The fourth-order valence-electron chi connectivity index (χ4n) is 3.04. The molecule has 21 heavy (non-hydrogen) atoms. The Morgan fingerprint density at radius 3 is 2.62 bits per heavy atom. The standard InChI is InChI=1S/C18H19BrFN/c1-12(13-5-4-6-15(20)9-13)21-16-10-14(11-16)17-7-2-3-8-18(17)19/h2-9,12,14,16,21H,10-11H2,1H3/t12-,14?,16?/m1/s1. The van der Waals surface area contributed by atoms with E-state index in [-0.39, 0.29) is 11.9 Å². The van der Waals surface area contributed by atoms with E-state index in [1.54, 1.807) is 12.1 Å². The fourth-order valence-corrected chi connectivity index (χ4v) is 3.65. The molecule has 0 unspecified atom stereocenters.